The molecule has 234 valence electrons. The second-order valence-corrected chi connectivity index (χ2v) is 14.3. The van der Waals surface area contributed by atoms with Gasteiger partial charge in [-0.3, -0.25) is 14.7 Å². The molecule has 2 aromatic rings. The fourth-order valence-corrected chi connectivity index (χ4v) is 8.76. The van der Waals surface area contributed by atoms with Crippen molar-refractivity contribution in [3.05, 3.63) is 24.0 Å². The summed E-state index contributed by atoms with van der Waals surface area (Å²) in [6.45, 7) is 6.69. The number of nitrogen functional groups attached to an aromatic ring is 1. The molecule has 4 N–H and O–H groups in total. The van der Waals surface area contributed by atoms with E-state index in [1.165, 1.54) is 51.6 Å². The quantitative estimate of drug-likeness (QED) is 0.412. The van der Waals surface area contributed by atoms with E-state index in [4.69, 9.17) is 27.2 Å². The highest BCUT2D eigenvalue weighted by Crippen LogP contribution is 2.45. The standard InChI is InChI=1S/C32H47ClN8O2/c33-26-19-36-29-27(28(34)38-41(29)32(26)11-6-4-2-1-3-5-7-12-32)30(42)37-24-18-35-14-8-25(24)39-15-9-23(10-16-39)40-17-13-31(20-40)21-43-22-31/h8,14,18,23,26,36H,1-7,9-13,15-17,19-22H2,(H2,34,38)(H,37,42). The zero-order valence-corrected chi connectivity index (χ0v) is 26.1. The number of alkyl halides is 1. The molecule has 4 aliphatic heterocycles. The Balaban J connectivity index is 1.07. The van der Waals surface area contributed by atoms with Gasteiger partial charge in [-0.2, -0.15) is 5.10 Å². The molecule has 7 rings (SSSR count). The molecule has 2 aromatic heterocycles. The minimum absolute atomic E-state index is 0.115. The lowest BCUT2D eigenvalue weighted by molar-refractivity contribution is -0.106. The summed E-state index contributed by atoms with van der Waals surface area (Å²) in [6.07, 6.45) is 17.4. The van der Waals surface area contributed by atoms with Gasteiger partial charge in [-0.05, 0) is 44.7 Å². The highest BCUT2D eigenvalue weighted by molar-refractivity contribution is 6.22. The Labute approximate surface area is 260 Å². The van der Waals surface area contributed by atoms with Gasteiger partial charge in [0.05, 0.1) is 41.7 Å². The first-order valence-electron chi connectivity index (χ1n) is 16.6. The number of aromatic nitrogens is 3. The highest BCUT2D eigenvalue weighted by Gasteiger charge is 2.47. The van der Waals surface area contributed by atoms with Crippen LogP contribution in [0.15, 0.2) is 18.5 Å². The summed E-state index contributed by atoms with van der Waals surface area (Å²) in [5, 5.41) is 11.3. The third-order valence-corrected chi connectivity index (χ3v) is 11.5. The highest BCUT2D eigenvalue weighted by atomic mass is 35.5. The topological polar surface area (TPSA) is 114 Å². The van der Waals surface area contributed by atoms with Crippen LogP contribution in [0, 0.1) is 5.41 Å². The summed E-state index contributed by atoms with van der Waals surface area (Å²) in [4.78, 5) is 23.4. The van der Waals surface area contributed by atoms with Crippen molar-refractivity contribution in [1.29, 1.82) is 0 Å². The summed E-state index contributed by atoms with van der Waals surface area (Å²) in [5.41, 5.74) is 8.70. The van der Waals surface area contributed by atoms with Gasteiger partial charge in [0.2, 0.25) is 0 Å². The van der Waals surface area contributed by atoms with Gasteiger partial charge in [0, 0.05) is 43.8 Å². The van der Waals surface area contributed by atoms with E-state index in [9.17, 15) is 4.79 Å². The van der Waals surface area contributed by atoms with Crippen molar-refractivity contribution < 1.29 is 9.53 Å². The summed E-state index contributed by atoms with van der Waals surface area (Å²) in [6, 6.07) is 2.62. The fraction of sp³-hybridized carbons (Fsp3) is 0.719. The number of hydrogen-bond donors (Lipinski definition) is 3. The first kappa shape index (κ1) is 29.2. The second kappa shape index (κ2) is 12.1. The van der Waals surface area contributed by atoms with Crippen molar-refractivity contribution in [2.45, 2.75) is 94.0 Å². The number of nitrogens with two attached hydrogens (primary N) is 1. The molecule has 3 saturated heterocycles. The fourth-order valence-electron chi connectivity index (χ4n) is 8.37. The van der Waals surface area contributed by atoms with Crippen molar-refractivity contribution >= 4 is 40.5 Å². The number of anilines is 4. The van der Waals surface area contributed by atoms with E-state index >= 15 is 0 Å². The van der Waals surface area contributed by atoms with E-state index in [1.54, 1.807) is 12.4 Å². The number of ether oxygens (including phenoxy) is 1. The van der Waals surface area contributed by atoms with Crippen LogP contribution < -0.4 is 21.3 Å². The molecular formula is C32H47ClN8O2. The van der Waals surface area contributed by atoms with Crippen LogP contribution >= 0.6 is 11.6 Å². The number of fused-ring (bicyclic) bond motifs is 2. The smallest absolute Gasteiger partial charge is 0.263 e. The number of nitrogens with one attached hydrogen (secondary N) is 2. The van der Waals surface area contributed by atoms with Crippen LogP contribution in [0.3, 0.4) is 0 Å². The summed E-state index contributed by atoms with van der Waals surface area (Å²) < 4.78 is 7.51. The number of halogens is 1. The molecule has 0 aromatic carbocycles. The predicted molar refractivity (Wildman–Crippen MR) is 171 cm³/mol. The molecule has 10 nitrogen and oxygen atoms in total. The van der Waals surface area contributed by atoms with Gasteiger partial charge < -0.3 is 26.0 Å². The van der Waals surface area contributed by atoms with Crippen LogP contribution in [0.2, 0.25) is 0 Å². The van der Waals surface area contributed by atoms with E-state index in [0.29, 0.717) is 35.1 Å². The Morgan fingerprint density at radius 2 is 1.77 bits per heavy atom. The van der Waals surface area contributed by atoms with Gasteiger partial charge in [-0.15, -0.1) is 11.6 Å². The zero-order valence-electron chi connectivity index (χ0n) is 25.3. The summed E-state index contributed by atoms with van der Waals surface area (Å²) in [7, 11) is 0. The van der Waals surface area contributed by atoms with Gasteiger partial charge in [0.25, 0.3) is 5.91 Å². The van der Waals surface area contributed by atoms with Crippen molar-refractivity contribution in [2.24, 2.45) is 5.41 Å². The molecule has 4 fully saturated rings. The Bertz CT molecular complexity index is 1290. The lowest BCUT2D eigenvalue weighted by Gasteiger charge is -2.43. The van der Waals surface area contributed by atoms with Gasteiger partial charge in [0.15, 0.2) is 5.82 Å². The minimum Gasteiger partial charge on any atom is -0.381 e. The number of rotatable bonds is 4. The lowest BCUT2D eigenvalue weighted by Crippen LogP contribution is -2.50. The van der Waals surface area contributed by atoms with E-state index in [2.05, 4.69) is 25.4 Å². The van der Waals surface area contributed by atoms with Crippen molar-refractivity contribution in [1.82, 2.24) is 19.7 Å². The monoisotopic (exact) mass is 610 g/mol. The maximum absolute atomic E-state index is 13.9. The molecule has 0 radical (unpaired) electrons. The SMILES string of the molecule is Nc1nn2c(c1C(=O)Nc1cnccc1N1CCC(N3CCC4(COC4)C3)CC1)NCC(Cl)C21CCCCCCCCC1. The van der Waals surface area contributed by atoms with Gasteiger partial charge in [0.1, 0.15) is 11.4 Å². The van der Waals surface area contributed by atoms with Crippen molar-refractivity contribution in [3.8, 4) is 0 Å². The number of carbonyl (C=O) groups is 1. The number of pyridine rings is 1. The zero-order chi connectivity index (χ0) is 29.4. The first-order valence-corrected chi connectivity index (χ1v) is 17.0. The Kier molecular flexibility index (Phi) is 8.20. The molecule has 1 unspecified atom stereocenters. The molecule has 1 saturated carbocycles. The van der Waals surface area contributed by atoms with Gasteiger partial charge in [-0.25, -0.2) is 4.68 Å². The first-order chi connectivity index (χ1) is 21.0. The predicted octanol–water partition coefficient (Wildman–Crippen LogP) is 5.06. The number of piperidine rings is 1. The van der Waals surface area contributed by atoms with Crippen LogP contribution in [0.4, 0.5) is 23.0 Å². The van der Waals surface area contributed by atoms with E-state index < -0.39 is 0 Å². The molecule has 11 heteroatoms. The normalized spacial score (nSPS) is 26.1. The number of carbonyl (C=O) groups excluding carboxylic acids is 1. The molecule has 1 aliphatic carbocycles. The molecule has 1 atom stereocenters. The molecule has 2 spiro atoms. The molecule has 5 aliphatic rings. The maximum atomic E-state index is 13.9. The summed E-state index contributed by atoms with van der Waals surface area (Å²) >= 11 is 7.07. The average Bonchev–Trinajstić information content (AvgIpc) is 3.61. The Morgan fingerprint density at radius 1 is 1.05 bits per heavy atom. The van der Waals surface area contributed by atoms with Crippen LogP contribution in [-0.2, 0) is 10.3 Å². The molecule has 1 amide bonds. The summed E-state index contributed by atoms with van der Waals surface area (Å²) in [5.74, 6) is 0.674. The van der Waals surface area contributed by atoms with Crippen molar-refractivity contribution in [3.63, 3.8) is 0 Å². The van der Waals surface area contributed by atoms with Crippen LogP contribution in [-0.4, -0.2) is 82.9 Å². The van der Waals surface area contributed by atoms with Crippen LogP contribution in [0.1, 0.15) is 87.4 Å². The molecular weight excluding hydrogens is 564 g/mol. The van der Waals surface area contributed by atoms with E-state index in [-0.39, 0.29) is 22.6 Å². The second-order valence-electron chi connectivity index (χ2n) is 13.7. The van der Waals surface area contributed by atoms with Gasteiger partial charge >= 0.3 is 0 Å². The van der Waals surface area contributed by atoms with Crippen LogP contribution in [0.5, 0.6) is 0 Å². The number of amides is 1. The minimum atomic E-state index is -0.337. The largest absolute Gasteiger partial charge is 0.381 e. The third-order valence-electron chi connectivity index (χ3n) is 11.0. The van der Waals surface area contributed by atoms with E-state index in [0.717, 1.165) is 70.5 Å². The molecule has 0 bridgehead atoms. The molecule has 43 heavy (non-hydrogen) atoms. The Hall–Kier alpha value is -2.56. The number of likely N-dealkylation sites (tertiary alicyclic amines) is 1. The third kappa shape index (κ3) is 5.48. The van der Waals surface area contributed by atoms with Crippen LogP contribution in [0.25, 0.3) is 0 Å². The number of hydrogen-bond acceptors (Lipinski definition) is 8. The van der Waals surface area contributed by atoms with Crippen molar-refractivity contribution in [2.75, 3.05) is 67.2 Å². The average molecular weight is 611 g/mol. The number of nitrogens with zero attached hydrogens (tertiary/aromatic N) is 5. The maximum Gasteiger partial charge on any atom is 0.263 e. The van der Waals surface area contributed by atoms with Gasteiger partial charge in [-0.1, -0.05) is 44.9 Å². The lowest BCUT2D eigenvalue weighted by atomic mass is 9.81. The Morgan fingerprint density at radius 3 is 2.44 bits per heavy atom. The van der Waals surface area contributed by atoms with E-state index in [1.807, 2.05) is 10.7 Å². The molecule has 6 heterocycles.